The summed E-state index contributed by atoms with van der Waals surface area (Å²) in [5.74, 6) is 0.402. The van der Waals surface area contributed by atoms with Crippen LogP contribution in [0.5, 0.6) is 0 Å². The smallest absolute Gasteiger partial charge is 0.356 e. The Kier molecular flexibility index (Phi) is 5.47. The molecule has 0 aliphatic carbocycles. The van der Waals surface area contributed by atoms with E-state index in [0.29, 0.717) is 17.7 Å². The van der Waals surface area contributed by atoms with Crippen molar-refractivity contribution in [3.05, 3.63) is 83.3 Å². The molecule has 6 nitrogen and oxygen atoms in total. The molecule has 0 unspecified atom stereocenters. The normalized spacial score (nSPS) is 13.7. The van der Waals surface area contributed by atoms with E-state index in [1.165, 1.54) is 12.1 Å². The SMILES string of the molecule is Cc1ccc(Cn2c(C(=O)Nc3ccc(N4CCC4)nc3)cc3nc(C(F)(F)F)ccc32)cc1. The summed E-state index contributed by atoms with van der Waals surface area (Å²) in [6.07, 6.45) is -1.85. The highest BCUT2D eigenvalue weighted by molar-refractivity contribution is 6.06. The van der Waals surface area contributed by atoms with Crippen molar-refractivity contribution < 1.29 is 18.0 Å². The largest absolute Gasteiger partial charge is 0.433 e. The molecule has 174 valence electrons. The van der Waals surface area contributed by atoms with Gasteiger partial charge in [-0.2, -0.15) is 13.2 Å². The number of pyridine rings is 2. The number of anilines is 2. The fourth-order valence-electron chi connectivity index (χ4n) is 3.92. The molecule has 4 heterocycles. The zero-order valence-electron chi connectivity index (χ0n) is 18.4. The number of fused-ring (bicyclic) bond motifs is 1. The van der Waals surface area contributed by atoms with Crippen LogP contribution in [0.25, 0.3) is 11.0 Å². The molecular formula is C25H22F3N5O. The van der Waals surface area contributed by atoms with Crippen LogP contribution in [-0.2, 0) is 12.7 Å². The highest BCUT2D eigenvalue weighted by atomic mass is 19.4. The maximum Gasteiger partial charge on any atom is 0.433 e. The number of halogens is 3. The predicted molar refractivity (Wildman–Crippen MR) is 124 cm³/mol. The minimum Gasteiger partial charge on any atom is -0.356 e. The summed E-state index contributed by atoms with van der Waals surface area (Å²) in [4.78, 5) is 23.5. The third-order valence-corrected chi connectivity index (χ3v) is 5.93. The molecule has 0 atom stereocenters. The summed E-state index contributed by atoms with van der Waals surface area (Å²) in [5.41, 5.74) is 2.29. The van der Waals surface area contributed by atoms with Gasteiger partial charge >= 0.3 is 6.18 Å². The van der Waals surface area contributed by atoms with Gasteiger partial charge in [-0.05, 0) is 49.2 Å². The van der Waals surface area contributed by atoms with Gasteiger partial charge in [0, 0.05) is 19.6 Å². The second kappa shape index (κ2) is 8.48. The molecule has 0 bridgehead atoms. The van der Waals surface area contributed by atoms with E-state index in [2.05, 4.69) is 20.2 Å². The van der Waals surface area contributed by atoms with Crippen LogP contribution in [0.2, 0.25) is 0 Å². The lowest BCUT2D eigenvalue weighted by atomic mass is 10.1. The van der Waals surface area contributed by atoms with E-state index in [0.717, 1.165) is 42.5 Å². The number of hydrogen-bond acceptors (Lipinski definition) is 4. The second-order valence-corrected chi connectivity index (χ2v) is 8.40. The van der Waals surface area contributed by atoms with E-state index in [4.69, 9.17) is 0 Å². The van der Waals surface area contributed by atoms with Crippen LogP contribution in [0.4, 0.5) is 24.7 Å². The first-order valence-electron chi connectivity index (χ1n) is 10.9. The van der Waals surface area contributed by atoms with Crippen LogP contribution in [0.1, 0.15) is 33.7 Å². The predicted octanol–water partition coefficient (Wildman–Crippen LogP) is 5.27. The summed E-state index contributed by atoms with van der Waals surface area (Å²) in [5, 5.41) is 2.81. The minimum atomic E-state index is -4.57. The van der Waals surface area contributed by atoms with Crippen LogP contribution in [0.15, 0.2) is 60.8 Å². The maximum absolute atomic E-state index is 13.2. The summed E-state index contributed by atoms with van der Waals surface area (Å²) in [6.45, 7) is 4.21. The van der Waals surface area contributed by atoms with E-state index in [9.17, 15) is 18.0 Å². The van der Waals surface area contributed by atoms with Crippen LogP contribution in [-0.4, -0.2) is 33.5 Å². The Morgan fingerprint density at radius 1 is 1.06 bits per heavy atom. The Hall–Kier alpha value is -3.88. The number of nitrogens with one attached hydrogen (secondary N) is 1. The molecule has 1 aliphatic rings. The molecule has 1 saturated heterocycles. The summed E-state index contributed by atoms with van der Waals surface area (Å²) in [7, 11) is 0. The lowest BCUT2D eigenvalue weighted by molar-refractivity contribution is -0.140. The van der Waals surface area contributed by atoms with Crippen molar-refractivity contribution in [3.63, 3.8) is 0 Å². The first-order valence-corrected chi connectivity index (χ1v) is 10.9. The fourth-order valence-corrected chi connectivity index (χ4v) is 3.92. The molecule has 1 amide bonds. The molecule has 0 spiro atoms. The van der Waals surface area contributed by atoms with Crippen LogP contribution >= 0.6 is 0 Å². The molecule has 0 saturated carbocycles. The van der Waals surface area contributed by atoms with Crippen LogP contribution < -0.4 is 10.2 Å². The standard InChI is InChI=1S/C25H22F3N5O/c1-16-3-5-17(6-4-16)15-33-20-8-9-22(25(26,27)28)31-19(20)13-21(33)24(34)30-18-7-10-23(29-14-18)32-11-2-12-32/h3-10,13-14H,2,11-12,15H2,1H3,(H,30,34). The monoisotopic (exact) mass is 465 g/mol. The Bertz CT molecular complexity index is 1340. The molecule has 9 heteroatoms. The van der Waals surface area contributed by atoms with Crippen LogP contribution in [0, 0.1) is 6.92 Å². The molecule has 1 N–H and O–H groups in total. The molecule has 1 aliphatic heterocycles. The first kappa shape index (κ1) is 21.9. The number of hydrogen-bond donors (Lipinski definition) is 1. The van der Waals surface area contributed by atoms with E-state index in [1.54, 1.807) is 16.8 Å². The van der Waals surface area contributed by atoms with Gasteiger partial charge in [0.15, 0.2) is 0 Å². The lowest BCUT2D eigenvalue weighted by Crippen LogP contribution is -2.37. The zero-order chi connectivity index (χ0) is 23.9. The molecule has 4 aromatic rings. The van der Waals surface area contributed by atoms with Gasteiger partial charge in [-0.1, -0.05) is 29.8 Å². The van der Waals surface area contributed by atoms with Crippen molar-refractivity contribution in [1.82, 2.24) is 14.5 Å². The van der Waals surface area contributed by atoms with Crippen molar-refractivity contribution in [2.45, 2.75) is 26.1 Å². The van der Waals surface area contributed by atoms with Gasteiger partial charge in [0.2, 0.25) is 0 Å². The minimum absolute atomic E-state index is 0.110. The summed E-state index contributed by atoms with van der Waals surface area (Å²) >= 11 is 0. The average molecular weight is 465 g/mol. The van der Waals surface area contributed by atoms with Crippen LogP contribution in [0.3, 0.4) is 0 Å². The van der Waals surface area contributed by atoms with E-state index in [1.807, 2.05) is 37.3 Å². The molecule has 3 aromatic heterocycles. The number of carbonyl (C=O) groups is 1. The molecule has 1 aromatic carbocycles. The summed E-state index contributed by atoms with van der Waals surface area (Å²) in [6, 6.07) is 15.1. The second-order valence-electron chi connectivity index (χ2n) is 8.40. The number of nitrogens with zero attached hydrogens (tertiary/aromatic N) is 4. The van der Waals surface area contributed by atoms with E-state index >= 15 is 0 Å². The zero-order valence-corrected chi connectivity index (χ0v) is 18.4. The van der Waals surface area contributed by atoms with E-state index in [-0.39, 0.29) is 11.2 Å². The number of aryl methyl sites for hydroxylation is 1. The number of benzene rings is 1. The fraction of sp³-hybridized carbons (Fsp3) is 0.240. The van der Waals surface area contributed by atoms with Gasteiger partial charge in [-0.15, -0.1) is 0 Å². The first-order chi connectivity index (χ1) is 16.3. The number of rotatable bonds is 5. The van der Waals surface area contributed by atoms with Crippen molar-refractivity contribution in [1.29, 1.82) is 0 Å². The van der Waals surface area contributed by atoms with Crippen molar-refractivity contribution in [2.24, 2.45) is 0 Å². The molecule has 34 heavy (non-hydrogen) atoms. The average Bonchev–Trinajstić information content (AvgIpc) is 3.13. The quantitative estimate of drug-likeness (QED) is 0.436. The van der Waals surface area contributed by atoms with Crippen molar-refractivity contribution in [3.8, 4) is 0 Å². The third kappa shape index (κ3) is 4.33. The maximum atomic E-state index is 13.2. The Morgan fingerprint density at radius 3 is 2.44 bits per heavy atom. The Morgan fingerprint density at radius 2 is 1.82 bits per heavy atom. The lowest BCUT2D eigenvalue weighted by Gasteiger charge is -2.31. The molecular weight excluding hydrogens is 443 g/mol. The van der Waals surface area contributed by atoms with Gasteiger partial charge in [0.05, 0.1) is 22.9 Å². The van der Waals surface area contributed by atoms with Gasteiger partial charge in [-0.3, -0.25) is 4.79 Å². The van der Waals surface area contributed by atoms with E-state index < -0.39 is 17.8 Å². The van der Waals surface area contributed by atoms with Crippen molar-refractivity contribution >= 4 is 28.4 Å². The molecule has 5 rings (SSSR count). The summed E-state index contributed by atoms with van der Waals surface area (Å²) < 4.78 is 41.3. The number of amides is 1. The van der Waals surface area contributed by atoms with Gasteiger partial charge in [0.1, 0.15) is 17.2 Å². The Labute approximate surface area is 194 Å². The third-order valence-electron chi connectivity index (χ3n) is 5.93. The number of carbonyl (C=O) groups excluding carboxylic acids is 1. The molecule has 0 radical (unpaired) electrons. The van der Waals surface area contributed by atoms with Gasteiger partial charge in [-0.25, -0.2) is 9.97 Å². The topological polar surface area (TPSA) is 63.1 Å². The Balaban J connectivity index is 1.49. The van der Waals surface area contributed by atoms with Crippen molar-refractivity contribution in [2.75, 3.05) is 23.3 Å². The number of aromatic nitrogens is 3. The number of alkyl halides is 3. The molecule has 1 fully saturated rings. The van der Waals surface area contributed by atoms with Gasteiger partial charge < -0.3 is 14.8 Å². The van der Waals surface area contributed by atoms with Gasteiger partial charge in [0.25, 0.3) is 5.91 Å². The highest BCUT2D eigenvalue weighted by Gasteiger charge is 2.33. The highest BCUT2D eigenvalue weighted by Crippen LogP contribution is 2.30.